The van der Waals surface area contributed by atoms with Gasteiger partial charge in [-0.1, -0.05) is 0 Å². The number of nitrogens with two attached hydrogens (primary N) is 1. The third-order valence-corrected chi connectivity index (χ3v) is 2.48. The lowest BCUT2D eigenvalue weighted by Crippen LogP contribution is -2.33. The van der Waals surface area contributed by atoms with Crippen molar-refractivity contribution in [3.05, 3.63) is 34.5 Å². The molecule has 0 radical (unpaired) electrons. The number of carbonyl (C=O) groups is 1. The highest BCUT2D eigenvalue weighted by Crippen LogP contribution is 2.30. The lowest BCUT2D eigenvalue weighted by Gasteiger charge is -2.11. The quantitative estimate of drug-likeness (QED) is 0.879. The number of aryl methyl sites for hydroxylation is 1. The lowest BCUT2D eigenvalue weighted by molar-refractivity contribution is -0.141. The van der Waals surface area contributed by atoms with Gasteiger partial charge in [-0.15, -0.1) is 0 Å². The van der Waals surface area contributed by atoms with Crippen molar-refractivity contribution < 1.29 is 18.0 Å². The number of primary amides is 1. The smallest absolute Gasteiger partial charge is 0.370 e. The Bertz CT molecular complexity index is 686. The molecular formula is C10H9F3N4O2. The van der Waals surface area contributed by atoms with Gasteiger partial charge < -0.3 is 5.73 Å². The molecule has 6 nitrogen and oxygen atoms in total. The Labute approximate surface area is 104 Å². The minimum Gasteiger partial charge on any atom is -0.370 e. The van der Waals surface area contributed by atoms with E-state index in [0.717, 1.165) is 10.5 Å². The van der Waals surface area contributed by atoms with E-state index in [1.807, 2.05) is 0 Å². The van der Waals surface area contributed by atoms with E-state index in [9.17, 15) is 22.8 Å². The average Bonchev–Trinajstić information content (AvgIpc) is 2.75. The molecule has 19 heavy (non-hydrogen) atoms. The van der Waals surface area contributed by atoms with E-state index >= 15 is 0 Å². The van der Waals surface area contributed by atoms with Gasteiger partial charge in [0.15, 0.2) is 5.69 Å². The second-order valence-corrected chi connectivity index (χ2v) is 3.83. The number of hydrogen-bond acceptors (Lipinski definition) is 3. The van der Waals surface area contributed by atoms with Crippen LogP contribution in [0.3, 0.4) is 0 Å². The van der Waals surface area contributed by atoms with Crippen LogP contribution in [0.5, 0.6) is 0 Å². The maximum Gasteiger partial charge on any atom is 0.437 e. The van der Waals surface area contributed by atoms with E-state index in [-0.39, 0.29) is 18.5 Å². The van der Waals surface area contributed by atoms with Gasteiger partial charge in [-0.3, -0.25) is 9.20 Å². The lowest BCUT2D eigenvalue weighted by atomic mass is 10.3. The zero-order chi connectivity index (χ0) is 14.2. The largest absolute Gasteiger partial charge is 0.437 e. The summed E-state index contributed by atoms with van der Waals surface area (Å²) in [6.45, 7) is -0.300. The molecule has 2 aromatic rings. The summed E-state index contributed by atoms with van der Waals surface area (Å²) in [5.74, 6) is -0.727. The van der Waals surface area contributed by atoms with Crippen molar-refractivity contribution in [2.75, 3.05) is 0 Å². The molecule has 0 aliphatic heterocycles. The topological polar surface area (TPSA) is 82.4 Å². The van der Waals surface area contributed by atoms with E-state index in [0.29, 0.717) is 4.68 Å². The van der Waals surface area contributed by atoms with E-state index in [2.05, 4.69) is 5.10 Å². The van der Waals surface area contributed by atoms with Gasteiger partial charge in [-0.05, 0) is 12.1 Å². The molecule has 9 heteroatoms. The van der Waals surface area contributed by atoms with Crippen LogP contribution in [-0.4, -0.2) is 20.1 Å². The first-order valence-corrected chi connectivity index (χ1v) is 5.24. The predicted molar refractivity (Wildman–Crippen MR) is 58.3 cm³/mol. The molecule has 2 aromatic heterocycles. The summed E-state index contributed by atoms with van der Waals surface area (Å²) >= 11 is 0. The van der Waals surface area contributed by atoms with Crippen molar-refractivity contribution in [1.82, 2.24) is 14.2 Å². The monoisotopic (exact) mass is 274 g/mol. The Balaban J connectivity index is 2.62. The van der Waals surface area contributed by atoms with Crippen LogP contribution in [0.1, 0.15) is 12.1 Å². The highest BCUT2D eigenvalue weighted by molar-refractivity contribution is 5.73. The Morgan fingerprint density at radius 3 is 2.68 bits per heavy atom. The number of halogens is 3. The van der Waals surface area contributed by atoms with Gasteiger partial charge in [0.1, 0.15) is 0 Å². The van der Waals surface area contributed by atoms with Crippen LogP contribution in [0.25, 0.3) is 5.52 Å². The molecule has 0 bridgehead atoms. The van der Waals surface area contributed by atoms with Crippen molar-refractivity contribution in [3.8, 4) is 0 Å². The standard InChI is InChI=1S/C10H9F3N4O2/c11-10(12,13)8-6-2-1-4-16(6)9(19)17(15-8)5-3-7(14)18/h1-2,4H,3,5H2,(H2,14,18). The summed E-state index contributed by atoms with van der Waals surface area (Å²) in [6, 6.07) is 2.46. The fourth-order valence-corrected chi connectivity index (χ4v) is 1.64. The molecule has 2 N–H and O–H groups in total. The van der Waals surface area contributed by atoms with Gasteiger partial charge >= 0.3 is 11.9 Å². The molecule has 0 aliphatic rings. The molecule has 0 saturated heterocycles. The van der Waals surface area contributed by atoms with Crippen LogP contribution in [0.15, 0.2) is 23.1 Å². The first kappa shape index (κ1) is 13.1. The molecule has 2 rings (SSSR count). The number of alkyl halides is 3. The van der Waals surface area contributed by atoms with E-state index in [1.165, 1.54) is 12.3 Å². The highest BCUT2D eigenvalue weighted by atomic mass is 19.4. The molecule has 2 heterocycles. The molecule has 0 fully saturated rings. The van der Waals surface area contributed by atoms with Crippen LogP contribution < -0.4 is 11.4 Å². The number of hydrogen-bond donors (Lipinski definition) is 1. The summed E-state index contributed by atoms with van der Waals surface area (Å²) in [6.07, 6.45) is -3.76. The minimum atomic E-state index is -4.69. The Morgan fingerprint density at radius 1 is 1.42 bits per heavy atom. The zero-order valence-corrected chi connectivity index (χ0v) is 9.52. The van der Waals surface area contributed by atoms with Gasteiger partial charge in [-0.2, -0.15) is 18.3 Å². The van der Waals surface area contributed by atoms with Crippen molar-refractivity contribution in [3.63, 3.8) is 0 Å². The molecule has 0 atom stereocenters. The van der Waals surface area contributed by atoms with Crippen LogP contribution in [-0.2, 0) is 17.5 Å². The number of nitrogens with zero attached hydrogens (tertiary/aromatic N) is 3. The van der Waals surface area contributed by atoms with E-state index < -0.39 is 23.5 Å². The zero-order valence-electron chi connectivity index (χ0n) is 9.52. The summed E-state index contributed by atoms with van der Waals surface area (Å²) in [5, 5.41) is 3.27. The SMILES string of the molecule is NC(=O)CCn1nc(C(F)(F)F)c2cccn2c1=O. The summed E-state index contributed by atoms with van der Waals surface area (Å²) in [7, 11) is 0. The fourth-order valence-electron chi connectivity index (χ4n) is 1.64. The van der Waals surface area contributed by atoms with Gasteiger partial charge in [-0.25, -0.2) is 9.48 Å². The Morgan fingerprint density at radius 2 is 2.11 bits per heavy atom. The van der Waals surface area contributed by atoms with Crippen molar-refractivity contribution in [2.24, 2.45) is 5.73 Å². The molecule has 0 aromatic carbocycles. The van der Waals surface area contributed by atoms with Crippen LogP contribution >= 0.6 is 0 Å². The highest BCUT2D eigenvalue weighted by Gasteiger charge is 2.36. The van der Waals surface area contributed by atoms with Crippen LogP contribution in [0.2, 0.25) is 0 Å². The third-order valence-electron chi connectivity index (χ3n) is 2.48. The molecule has 0 unspecified atom stereocenters. The number of carbonyl (C=O) groups excluding carboxylic acids is 1. The number of aromatic nitrogens is 3. The van der Waals surface area contributed by atoms with Crippen molar-refractivity contribution in [2.45, 2.75) is 19.1 Å². The Hall–Kier alpha value is -2.32. The van der Waals surface area contributed by atoms with Gasteiger partial charge in [0.25, 0.3) is 0 Å². The van der Waals surface area contributed by atoms with Gasteiger partial charge in [0, 0.05) is 12.6 Å². The van der Waals surface area contributed by atoms with E-state index in [4.69, 9.17) is 5.73 Å². The van der Waals surface area contributed by atoms with Crippen LogP contribution in [0, 0.1) is 0 Å². The molecular weight excluding hydrogens is 265 g/mol. The maximum absolute atomic E-state index is 12.8. The number of rotatable bonds is 3. The van der Waals surface area contributed by atoms with Gasteiger partial charge in [0.05, 0.1) is 12.1 Å². The normalized spacial score (nSPS) is 11.9. The molecule has 0 spiro atoms. The second kappa shape index (κ2) is 4.41. The number of amides is 1. The predicted octanol–water partition coefficient (Wildman–Crippen LogP) is 0.390. The maximum atomic E-state index is 12.8. The first-order chi connectivity index (χ1) is 8.80. The number of fused-ring (bicyclic) bond motifs is 1. The van der Waals surface area contributed by atoms with Crippen molar-refractivity contribution in [1.29, 1.82) is 0 Å². The third kappa shape index (κ3) is 2.44. The van der Waals surface area contributed by atoms with E-state index in [1.54, 1.807) is 0 Å². The van der Waals surface area contributed by atoms with Crippen molar-refractivity contribution >= 4 is 11.4 Å². The summed E-state index contributed by atoms with van der Waals surface area (Å²) in [5.41, 5.74) is 2.64. The van der Waals surface area contributed by atoms with Crippen LogP contribution in [0.4, 0.5) is 13.2 Å². The fraction of sp³-hybridized carbons (Fsp3) is 0.300. The van der Waals surface area contributed by atoms with Gasteiger partial charge in [0.2, 0.25) is 5.91 Å². The summed E-state index contributed by atoms with van der Waals surface area (Å²) in [4.78, 5) is 22.5. The summed E-state index contributed by atoms with van der Waals surface area (Å²) < 4.78 is 39.9. The Kier molecular flexibility index (Phi) is 3.05. The minimum absolute atomic E-state index is 0.267. The molecule has 102 valence electrons. The second-order valence-electron chi connectivity index (χ2n) is 3.83. The first-order valence-electron chi connectivity index (χ1n) is 5.24. The molecule has 0 aliphatic carbocycles. The molecule has 1 amide bonds. The average molecular weight is 274 g/mol. The molecule has 0 saturated carbocycles.